The molecule has 0 unspecified atom stereocenters. The minimum Gasteiger partial charge on any atom is -0.408 e. The molecule has 0 aliphatic heterocycles. The van der Waals surface area contributed by atoms with E-state index in [0.717, 1.165) is 5.69 Å². The largest absolute Gasteiger partial charge is 0.408 e. The Balaban J connectivity index is 2.18. The van der Waals surface area contributed by atoms with E-state index in [1.807, 2.05) is 0 Å². The van der Waals surface area contributed by atoms with Crippen molar-refractivity contribution in [3.05, 3.63) is 36.0 Å². The maximum absolute atomic E-state index is 12.8. The van der Waals surface area contributed by atoms with E-state index in [-0.39, 0.29) is 5.82 Å². The molecule has 90 valence electrons. The summed E-state index contributed by atoms with van der Waals surface area (Å²) in [6.45, 7) is 0.460. The van der Waals surface area contributed by atoms with Crippen LogP contribution in [0.3, 0.4) is 0 Å². The minimum absolute atomic E-state index is 0.281. The highest BCUT2D eigenvalue weighted by molar-refractivity contribution is 5.54. The van der Waals surface area contributed by atoms with Crippen LogP contribution in [-0.2, 0) is 6.42 Å². The van der Waals surface area contributed by atoms with Gasteiger partial charge in [-0.2, -0.15) is 0 Å². The van der Waals surface area contributed by atoms with E-state index >= 15 is 0 Å². The van der Waals surface area contributed by atoms with Crippen LogP contribution in [0.1, 0.15) is 5.89 Å². The second kappa shape index (κ2) is 4.92. The van der Waals surface area contributed by atoms with E-state index in [0.29, 0.717) is 24.9 Å². The number of benzene rings is 1. The molecule has 5 nitrogen and oxygen atoms in total. The van der Waals surface area contributed by atoms with E-state index < -0.39 is 0 Å². The average Bonchev–Trinajstić information content (AvgIpc) is 2.78. The van der Waals surface area contributed by atoms with Crippen LogP contribution >= 0.6 is 0 Å². The van der Waals surface area contributed by atoms with Gasteiger partial charge in [0.1, 0.15) is 5.82 Å². The number of hydrogen-bond donors (Lipinski definition) is 1. The van der Waals surface area contributed by atoms with Gasteiger partial charge in [-0.3, -0.25) is 4.90 Å². The molecular formula is C11H13FN4O. The fourth-order valence-electron chi connectivity index (χ4n) is 1.38. The number of anilines is 2. The van der Waals surface area contributed by atoms with E-state index in [4.69, 9.17) is 10.2 Å². The highest BCUT2D eigenvalue weighted by atomic mass is 19.1. The number of halogens is 1. The third-order valence-corrected chi connectivity index (χ3v) is 2.32. The summed E-state index contributed by atoms with van der Waals surface area (Å²) < 4.78 is 18.2. The van der Waals surface area contributed by atoms with E-state index in [2.05, 4.69) is 10.2 Å². The highest BCUT2D eigenvalue weighted by Crippen LogP contribution is 2.22. The molecule has 6 heteroatoms. The van der Waals surface area contributed by atoms with Crippen molar-refractivity contribution in [3.63, 3.8) is 0 Å². The van der Waals surface area contributed by atoms with Crippen molar-refractivity contribution in [1.29, 1.82) is 0 Å². The Morgan fingerprint density at radius 1 is 1.29 bits per heavy atom. The zero-order valence-corrected chi connectivity index (χ0v) is 9.43. The van der Waals surface area contributed by atoms with Gasteiger partial charge in [-0.1, -0.05) is 5.10 Å². The van der Waals surface area contributed by atoms with Crippen LogP contribution < -0.4 is 10.6 Å². The lowest BCUT2D eigenvalue weighted by Gasteiger charge is -2.13. The first-order valence-electron chi connectivity index (χ1n) is 5.22. The molecule has 1 heterocycles. The van der Waals surface area contributed by atoms with Gasteiger partial charge in [0.2, 0.25) is 5.89 Å². The highest BCUT2D eigenvalue weighted by Gasteiger charge is 2.11. The first-order chi connectivity index (χ1) is 8.20. The molecule has 0 aliphatic rings. The smallest absolute Gasteiger partial charge is 0.322 e. The summed E-state index contributed by atoms with van der Waals surface area (Å²) >= 11 is 0. The molecule has 0 saturated carbocycles. The van der Waals surface area contributed by atoms with Crippen LogP contribution in [-0.4, -0.2) is 23.8 Å². The molecule has 0 fully saturated rings. The molecule has 0 aliphatic carbocycles. The second-order valence-electron chi connectivity index (χ2n) is 3.55. The van der Waals surface area contributed by atoms with Crippen LogP contribution in [0.25, 0.3) is 0 Å². The monoisotopic (exact) mass is 236 g/mol. The number of nitrogens with zero attached hydrogens (tertiary/aromatic N) is 3. The van der Waals surface area contributed by atoms with Crippen molar-refractivity contribution in [1.82, 2.24) is 10.2 Å². The Labute approximate surface area is 98.1 Å². The standard InChI is InChI=1S/C11H13FN4O/c1-16(9-4-2-8(12)3-5-9)11-15-14-10(17-11)6-7-13/h2-5H,6-7,13H2,1H3. The number of aromatic nitrogens is 2. The Bertz CT molecular complexity index is 482. The molecule has 0 saturated heterocycles. The van der Waals surface area contributed by atoms with Gasteiger partial charge in [0.15, 0.2) is 0 Å². The SMILES string of the molecule is CN(c1ccc(F)cc1)c1nnc(CCN)o1. The van der Waals surface area contributed by atoms with Gasteiger partial charge in [0.05, 0.1) is 0 Å². The molecule has 0 atom stereocenters. The topological polar surface area (TPSA) is 68.2 Å². The van der Waals surface area contributed by atoms with Gasteiger partial charge >= 0.3 is 6.01 Å². The lowest BCUT2D eigenvalue weighted by Crippen LogP contribution is -2.09. The van der Waals surface area contributed by atoms with Gasteiger partial charge in [0, 0.05) is 25.7 Å². The maximum atomic E-state index is 12.8. The first kappa shape index (κ1) is 11.5. The Morgan fingerprint density at radius 3 is 2.65 bits per heavy atom. The normalized spacial score (nSPS) is 10.5. The molecule has 0 radical (unpaired) electrons. The molecule has 0 bridgehead atoms. The van der Waals surface area contributed by atoms with Crippen LogP contribution in [0.4, 0.5) is 16.1 Å². The lowest BCUT2D eigenvalue weighted by molar-refractivity contribution is 0.499. The summed E-state index contributed by atoms with van der Waals surface area (Å²) in [4.78, 5) is 1.69. The van der Waals surface area contributed by atoms with E-state index in [1.54, 1.807) is 24.1 Å². The molecule has 17 heavy (non-hydrogen) atoms. The van der Waals surface area contributed by atoms with Gasteiger partial charge in [-0.25, -0.2) is 4.39 Å². The zero-order valence-electron chi connectivity index (χ0n) is 9.43. The van der Waals surface area contributed by atoms with Crippen LogP contribution in [0.5, 0.6) is 0 Å². The van der Waals surface area contributed by atoms with Crippen molar-refractivity contribution < 1.29 is 8.81 Å². The molecule has 1 aromatic carbocycles. The summed E-state index contributed by atoms with van der Waals surface area (Å²) in [5.41, 5.74) is 6.16. The van der Waals surface area contributed by atoms with Crippen molar-refractivity contribution in [2.75, 3.05) is 18.5 Å². The van der Waals surface area contributed by atoms with Crippen molar-refractivity contribution in [2.45, 2.75) is 6.42 Å². The van der Waals surface area contributed by atoms with Gasteiger partial charge in [-0.05, 0) is 24.3 Å². The molecule has 2 aromatic rings. The Kier molecular flexibility index (Phi) is 3.34. The van der Waals surface area contributed by atoms with E-state index in [9.17, 15) is 4.39 Å². The van der Waals surface area contributed by atoms with Gasteiger partial charge < -0.3 is 10.2 Å². The van der Waals surface area contributed by atoms with Crippen molar-refractivity contribution in [2.24, 2.45) is 5.73 Å². The Morgan fingerprint density at radius 2 is 2.00 bits per heavy atom. The molecule has 2 rings (SSSR count). The maximum Gasteiger partial charge on any atom is 0.322 e. The second-order valence-corrected chi connectivity index (χ2v) is 3.55. The van der Waals surface area contributed by atoms with Crippen molar-refractivity contribution >= 4 is 11.7 Å². The van der Waals surface area contributed by atoms with E-state index in [1.165, 1.54) is 12.1 Å². The number of rotatable bonds is 4. The third-order valence-electron chi connectivity index (χ3n) is 2.32. The quantitative estimate of drug-likeness (QED) is 0.870. The number of hydrogen-bond acceptors (Lipinski definition) is 5. The summed E-state index contributed by atoms with van der Waals surface area (Å²) in [7, 11) is 1.77. The number of nitrogens with two attached hydrogens (primary N) is 1. The summed E-state index contributed by atoms with van der Waals surface area (Å²) in [5.74, 6) is 0.216. The fourth-order valence-corrected chi connectivity index (χ4v) is 1.38. The zero-order chi connectivity index (χ0) is 12.3. The first-order valence-corrected chi connectivity index (χ1v) is 5.22. The minimum atomic E-state index is -0.281. The van der Waals surface area contributed by atoms with Gasteiger partial charge in [-0.15, -0.1) is 5.10 Å². The van der Waals surface area contributed by atoms with Crippen LogP contribution in [0, 0.1) is 5.82 Å². The summed E-state index contributed by atoms with van der Waals surface area (Å²) in [6.07, 6.45) is 0.546. The third kappa shape index (κ3) is 2.59. The molecule has 0 spiro atoms. The lowest BCUT2D eigenvalue weighted by atomic mass is 10.3. The van der Waals surface area contributed by atoms with Crippen molar-refractivity contribution in [3.8, 4) is 0 Å². The summed E-state index contributed by atoms with van der Waals surface area (Å²) in [5, 5.41) is 7.75. The fraction of sp³-hybridized carbons (Fsp3) is 0.273. The summed E-state index contributed by atoms with van der Waals surface area (Å²) in [6, 6.07) is 6.40. The molecule has 2 N–H and O–H groups in total. The molecular weight excluding hydrogens is 223 g/mol. The Hall–Kier alpha value is -1.95. The predicted octanol–water partition coefficient (Wildman–Crippen LogP) is 1.48. The molecule has 1 aromatic heterocycles. The predicted molar refractivity (Wildman–Crippen MR) is 61.5 cm³/mol. The molecule has 0 amide bonds. The van der Waals surface area contributed by atoms with Gasteiger partial charge in [0.25, 0.3) is 0 Å². The van der Waals surface area contributed by atoms with Crippen LogP contribution in [0.2, 0.25) is 0 Å². The van der Waals surface area contributed by atoms with Crippen LogP contribution in [0.15, 0.2) is 28.7 Å². The average molecular weight is 236 g/mol.